The van der Waals surface area contributed by atoms with Crippen molar-refractivity contribution in [2.75, 3.05) is 32.0 Å². The molecule has 1 saturated heterocycles. The van der Waals surface area contributed by atoms with Gasteiger partial charge in [0.15, 0.2) is 0 Å². The second-order valence-electron chi connectivity index (χ2n) is 7.28. The number of hydrogen-bond acceptors (Lipinski definition) is 6. The van der Waals surface area contributed by atoms with Gasteiger partial charge >= 0.3 is 0 Å². The molecular weight excluding hydrogens is 475 g/mol. The molecule has 0 saturated carbocycles. The number of nitrogens with one attached hydrogen (secondary N) is 1. The maximum atomic E-state index is 12.9. The summed E-state index contributed by atoms with van der Waals surface area (Å²) in [7, 11) is 3.69. The van der Waals surface area contributed by atoms with Gasteiger partial charge in [-0.2, -0.15) is 0 Å². The molecule has 5 nitrogen and oxygen atoms in total. The van der Waals surface area contributed by atoms with Gasteiger partial charge in [-0.1, -0.05) is 34.5 Å². The lowest BCUT2D eigenvalue weighted by molar-refractivity contribution is 0.208. The van der Waals surface area contributed by atoms with Crippen molar-refractivity contribution in [3.8, 4) is 21.9 Å². The Bertz CT molecular complexity index is 1050. The third-order valence-electron chi connectivity index (χ3n) is 4.98. The van der Waals surface area contributed by atoms with E-state index in [1.807, 2.05) is 24.3 Å². The van der Waals surface area contributed by atoms with E-state index in [1.165, 1.54) is 11.3 Å². The molecule has 4 rings (SSSR count). The van der Waals surface area contributed by atoms with Crippen molar-refractivity contribution in [2.24, 2.45) is 0 Å². The number of hydrogen-bond donors (Lipinski definition) is 1. The standard InChI is InChI=1S/C22H22Cl2N2O3S2/c1-26-10-9-17(13-26)29-20-11-15(5-8-18(20)23)25-31(27)21-12-19(24)22(30-21)14-3-6-16(28-2)7-4-14/h3-8,11-12,17,25H,9-10,13H2,1-2H3/t17-,31?/m1/s1. The van der Waals surface area contributed by atoms with Gasteiger partial charge in [0.25, 0.3) is 0 Å². The summed E-state index contributed by atoms with van der Waals surface area (Å²) >= 11 is 12.7. The van der Waals surface area contributed by atoms with Gasteiger partial charge in [-0.15, -0.1) is 0 Å². The predicted octanol–water partition coefficient (Wildman–Crippen LogP) is 5.95. The van der Waals surface area contributed by atoms with Crippen molar-refractivity contribution >= 4 is 51.6 Å². The molecule has 2 heterocycles. The van der Waals surface area contributed by atoms with Gasteiger partial charge in [0.2, 0.25) is 4.21 Å². The van der Waals surface area contributed by atoms with Crippen LogP contribution < -0.4 is 14.2 Å². The summed E-state index contributed by atoms with van der Waals surface area (Å²) in [6.07, 6.45) is 1.06. The molecule has 0 spiro atoms. The molecule has 164 valence electrons. The highest BCUT2D eigenvalue weighted by Crippen LogP contribution is 2.39. The molecule has 1 N–H and O–H groups in total. The molecule has 9 heteroatoms. The highest BCUT2D eigenvalue weighted by atomic mass is 35.5. The number of anilines is 1. The number of halogens is 2. The summed E-state index contributed by atoms with van der Waals surface area (Å²) in [5.41, 5.74) is 1.61. The van der Waals surface area contributed by atoms with Crippen LogP contribution in [0.4, 0.5) is 5.69 Å². The largest absolute Gasteiger partial charge is 0.587 e. The minimum Gasteiger partial charge on any atom is -0.587 e. The SMILES string of the molecule is COc1ccc(-c2sc([S+]([O-])Nc3ccc(Cl)c(O[C@@H]4CCN(C)C4)c3)cc2Cl)cc1. The quantitative estimate of drug-likeness (QED) is 0.409. The fraction of sp³-hybridized carbons (Fsp3) is 0.273. The van der Waals surface area contributed by atoms with E-state index in [0.717, 1.165) is 35.7 Å². The monoisotopic (exact) mass is 496 g/mol. The molecule has 1 fully saturated rings. The predicted molar refractivity (Wildman–Crippen MR) is 129 cm³/mol. The van der Waals surface area contributed by atoms with Gasteiger partial charge in [0, 0.05) is 25.2 Å². The second-order valence-corrected chi connectivity index (χ2v) is 10.6. The third-order valence-corrected chi connectivity index (χ3v) is 8.29. The van der Waals surface area contributed by atoms with Crippen molar-refractivity contribution in [1.82, 2.24) is 4.90 Å². The Morgan fingerprint density at radius 2 is 1.90 bits per heavy atom. The van der Waals surface area contributed by atoms with Gasteiger partial charge in [-0.25, -0.2) is 4.72 Å². The summed E-state index contributed by atoms with van der Waals surface area (Å²) in [5, 5.41) is 1.10. The molecule has 1 aliphatic rings. The number of rotatable bonds is 7. The number of nitrogens with zero attached hydrogens (tertiary/aromatic N) is 1. The Morgan fingerprint density at radius 1 is 1.13 bits per heavy atom. The summed E-state index contributed by atoms with van der Waals surface area (Å²) < 4.78 is 27.9. The minimum atomic E-state index is -1.48. The Balaban J connectivity index is 1.48. The van der Waals surface area contributed by atoms with Crippen molar-refractivity contribution < 1.29 is 14.0 Å². The zero-order valence-electron chi connectivity index (χ0n) is 17.1. The summed E-state index contributed by atoms with van der Waals surface area (Å²) in [6.45, 7) is 1.86. The van der Waals surface area contributed by atoms with Crippen molar-refractivity contribution in [3.05, 3.63) is 58.6 Å². The van der Waals surface area contributed by atoms with Gasteiger partial charge in [0.1, 0.15) is 29.0 Å². The molecular formula is C22H22Cl2N2O3S2. The number of likely N-dealkylation sites (N-methyl/N-ethyl adjacent to an activating group) is 1. The van der Waals surface area contributed by atoms with Crippen LogP contribution in [0.25, 0.3) is 10.4 Å². The molecule has 3 aromatic rings. The summed E-state index contributed by atoms with van der Waals surface area (Å²) in [5.74, 6) is 1.36. The molecule has 2 aromatic carbocycles. The molecule has 1 aromatic heterocycles. The van der Waals surface area contributed by atoms with Crippen LogP contribution in [-0.2, 0) is 11.4 Å². The Labute approximate surface area is 199 Å². The van der Waals surface area contributed by atoms with Gasteiger partial charge < -0.3 is 18.9 Å². The van der Waals surface area contributed by atoms with Crippen molar-refractivity contribution in [2.45, 2.75) is 16.7 Å². The zero-order valence-corrected chi connectivity index (χ0v) is 20.2. The molecule has 1 unspecified atom stereocenters. The van der Waals surface area contributed by atoms with Crippen LogP contribution >= 0.6 is 34.5 Å². The van der Waals surface area contributed by atoms with Crippen LogP contribution in [-0.4, -0.2) is 42.8 Å². The van der Waals surface area contributed by atoms with Crippen molar-refractivity contribution in [1.29, 1.82) is 0 Å². The average molecular weight is 497 g/mol. The maximum absolute atomic E-state index is 12.9. The highest BCUT2D eigenvalue weighted by molar-refractivity contribution is 7.94. The summed E-state index contributed by atoms with van der Waals surface area (Å²) in [4.78, 5) is 3.08. The smallest absolute Gasteiger partial charge is 0.235 e. The summed E-state index contributed by atoms with van der Waals surface area (Å²) in [6, 6.07) is 14.7. The van der Waals surface area contributed by atoms with E-state index in [0.29, 0.717) is 25.7 Å². The maximum Gasteiger partial charge on any atom is 0.235 e. The lowest BCUT2D eigenvalue weighted by Gasteiger charge is -2.16. The van der Waals surface area contributed by atoms with E-state index >= 15 is 0 Å². The molecule has 0 radical (unpaired) electrons. The average Bonchev–Trinajstić information content (AvgIpc) is 3.36. The van der Waals surface area contributed by atoms with Crippen LogP contribution in [0.3, 0.4) is 0 Å². The number of benzene rings is 2. The van der Waals surface area contributed by atoms with E-state index < -0.39 is 11.4 Å². The Morgan fingerprint density at radius 3 is 2.58 bits per heavy atom. The molecule has 2 atom stereocenters. The highest BCUT2D eigenvalue weighted by Gasteiger charge is 2.23. The first-order valence-corrected chi connectivity index (χ1v) is 12.4. The molecule has 0 amide bonds. The fourth-order valence-electron chi connectivity index (χ4n) is 3.36. The van der Waals surface area contributed by atoms with Crippen molar-refractivity contribution in [3.63, 3.8) is 0 Å². The lowest BCUT2D eigenvalue weighted by Crippen LogP contribution is -2.21. The lowest BCUT2D eigenvalue weighted by atomic mass is 10.2. The van der Waals surface area contributed by atoms with E-state index in [-0.39, 0.29) is 6.10 Å². The first-order chi connectivity index (χ1) is 14.9. The first kappa shape index (κ1) is 22.6. The van der Waals surface area contributed by atoms with Gasteiger partial charge in [-0.05, 0) is 55.4 Å². The van der Waals surface area contributed by atoms with E-state index in [1.54, 1.807) is 31.4 Å². The van der Waals surface area contributed by atoms with E-state index in [2.05, 4.69) is 16.7 Å². The topological polar surface area (TPSA) is 56.8 Å². The fourth-order valence-corrected chi connectivity index (χ4v) is 6.12. The number of likely N-dealkylation sites (tertiary alicyclic amines) is 1. The second kappa shape index (κ2) is 9.90. The van der Waals surface area contributed by atoms with Crippen LogP contribution in [0.1, 0.15) is 6.42 Å². The van der Waals surface area contributed by atoms with Crippen LogP contribution in [0.5, 0.6) is 11.5 Å². The number of ether oxygens (including phenoxy) is 2. The van der Waals surface area contributed by atoms with E-state index in [9.17, 15) is 4.55 Å². The number of thiophene rings is 1. The van der Waals surface area contributed by atoms with Crippen LogP contribution in [0.2, 0.25) is 10.0 Å². The molecule has 0 bridgehead atoms. The number of methoxy groups -OCH3 is 1. The normalized spacial score (nSPS) is 17.5. The first-order valence-electron chi connectivity index (χ1n) is 9.70. The van der Waals surface area contributed by atoms with Crippen LogP contribution in [0.15, 0.2) is 52.7 Å². The third kappa shape index (κ3) is 5.42. The molecule has 1 aliphatic heterocycles. The Kier molecular flexibility index (Phi) is 7.21. The van der Waals surface area contributed by atoms with Crippen LogP contribution in [0, 0.1) is 0 Å². The van der Waals surface area contributed by atoms with Gasteiger partial charge in [-0.3, -0.25) is 0 Å². The minimum absolute atomic E-state index is 0.103. The molecule has 0 aliphatic carbocycles. The van der Waals surface area contributed by atoms with E-state index in [4.69, 9.17) is 32.7 Å². The molecule has 31 heavy (non-hydrogen) atoms. The Hall–Kier alpha value is -1.61. The zero-order chi connectivity index (χ0) is 22.0. The van der Waals surface area contributed by atoms with Gasteiger partial charge in [0.05, 0.1) is 27.7 Å².